The number of nitrogens with zero attached hydrogens (tertiary/aromatic N) is 1. The van der Waals surface area contributed by atoms with E-state index in [0.29, 0.717) is 43.9 Å². The molecule has 206 valence electrons. The minimum Gasteiger partial charge on any atom is -0.508 e. The summed E-state index contributed by atoms with van der Waals surface area (Å²) in [4.78, 5) is 38.9. The third-order valence-electron chi connectivity index (χ3n) is 8.11. The zero-order valence-corrected chi connectivity index (χ0v) is 23.0. The number of carbonyl (C=O) groups excluding carboxylic acids is 2. The highest BCUT2D eigenvalue weighted by molar-refractivity contribution is 6.32. The number of hydrogen-bond acceptors (Lipinski definition) is 5. The molecule has 1 aromatic rings. The standard InChI is InChI=1S/C30H38ClNO6/c1-3-7-20-15-22-28(30(37)32(29(22)36)13-6-4-5-8-26(34)35)23-17-38-25(27(20)23)12-9-18(2)14-19-10-11-21(33)16-24(19)31/h10-11,14,16,22-23,25,28,33H,3-9,12-13,15,17H2,1-2H3,(H,34,35)/b18-14+/t22-,23+,25-,28-/m1/s1. The first-order valence-electron chi connectivity index (χ1n) is 13.8. The molecule has 0 saturated carbocycles. The van der Waals surface area contributed by atoms with Crippen LogP contribution in [0.2, 0.25) is 5.02 Å². The number of carbonyl (C=O) groups is 3. The van der Waals surface area contributed by atoms with Gasteiger partial charge in [0.05, 0.1) is 29.6 Å². The second kappa shape index (κ2) is 12.5. The summed E-state index contributed by atoms with van der Waals surface area (Å²) >= 11 is 6.27. The fourth-order valence-electron chi connectivity index (χ4n) is 6.35. The summed E-state index contributed by atoms with van der Waals surface area (Å²) < 4.78 is 6.30. The Morgan fingerprint density at radius 2 is 1.95 bits per heavy atom. The number of aliphatic carboxylic acids is 1. The van der Waals surface area contributed by atoms with Crippen molar-refractivity contribution in [1.29, 1.82) is 0 Å². The zero-order valence-electron chi connectivity index (χ0n) is 22.2. The number of imide groups is 1. The first-order valence-corrected chi connectivity index (χ1v) is 14.1. The molecular weight excluding hydrogens is 506 g/mol. The van der Waals surface area contributed by atoms with Crippen molar-refractivity contribution < 1.29 is 29.3 Å². The minimum atomic E-state index is -0.822. The highest BCUT2D eigenvalue weighted by atomic mass is 35.5. The number of phenols is 1. The quantitative estimate of drug-likeness (QED) is 0.191. The topological polar surface area (TPSA) is 104 Å². The molecule has 0 spiro atoms. The Hall–Kier alpha value is -2.64. The summed E-state index contributed by atoms with van der Waals surface area (Å²) in [6, 6.07) is 4.95. The summed E-state index contributed by atoms with van der Waals surface area (Å²) in [5, 5.41) is 18.9. The monoisotopic (exact) mass is 543 g/mol. The van der Waals surface area contributed by atoms with Crippen molar-refractivity contribution >= 4 is 35.5 Å². The number of likely N-dealkylation sites (tertiary alicyclic amines) is 1. The first-order chi connectivity index (χ1) is 18.2. The Bertz CT molecular complexity index is 1140. The Morgan fingerprint density at radius 3 is 2.66 bits per heavy atom. The van der Waals surface area contributed by atoms with Crippen LogP contribution in [0.4, 0.5) is 0 Å². The van der Waals surface area contributed by atoms with Crippen molar-refractivity contribution in [2.24, 2.45) is 17.8 Å². The summed E-state index contributed by atoms with van der Waals surface area (Å²) in [5.74, 6) is -1.55. The van der Waals surface area contributed by atoms with Crippen LogP contribution < -0.4 is 0 Å². The largest absolute Gasteiger partial charge is 0.508 e. The molecule has 0 bridgehead atoms. The summed E-state index contributed by atoms with van der Waals surface area (Å²) in [5.41, 5.74) is 4.54. The lowest BCUT2D eigenvalue weighted by atomic mass is 9.68. The molecular formula is C30H38ClNO6. The number of carboxylic acids is 1. The number of hydrogen-bond donors (Lipinski definition) is 2. The van der Waals surface area contributed by atoms with Crippen LogP contribution in [0.3, 0.4) is 0 Å². The van der Waals surface area contributed by atoms with E-state index in [9.17, 15) is 19.5 Å². The number of benzene rings is 1. The Balaban J connectivity index is 1.44. The predicted octanol–water partition coefficient (Wildman–Crippen LogP) is 5.99. The predicted molar refractivity (Wildman–Crippen MR) is 146 cm³/mol. The average molecular weight is 544 g/mol. The zero-order chi connectivity index (χ0) is 27.4. The molecule has 7 nitrogen and oxygen atoms in total. The van der Waals surface area contributed by atoms with E-state index in [2.05, 4.69) is 13.8 Å². The second-order valence-electron chi connectivity index (χ2n) is 10.8. The van der Waals surface area contributed by atoms with Crippen molar-refractivity contribution in [2.45, 2.75) is 77.7 Å². The third-order valence-corrected chi connectivity index (χ3v) is 8.44. The van der Waals surface area contributed by atoms with E-state index in [-0.39, 0.29) is 47.8 Å². The van der Waals surface area contributed by atoms with E-state index in [1.807, 2.05) is 6.08 Å². The first kappa shape index (κ1) is 28.4. The molecule has 8 heteroatoms. The van der Waals surface area contributed by atoms with Crippen molar-refractivity contribution in [3.05, 3.63) is 45.5 Å². The van der Waals surface area contributed by atoms with E-state index >= 15 is 0 Å². The minimum absolute atomic E-state index is 0.0513. The summed E-state index contributed by atoms with van der Waals surface area (Å²) in [6.07, 6.45) is 8.05. The number of ether oxygens (including phenoxy) is 1. The van der Waals surface area contributed by atoms with Crippen LogP contribution in [0.5, 0.6) is 5.75 Å². The highest BCUT2D eigenvalue weighted by Gasteiger charge is 2.56. The van der Waals surface area contributed by atoms with E-state index in [1.54, 1.807) is 12.1 Å². The molecule has 0 unspecified atom stereocenters. The lowest BCUT2D eigenvalue weighted by molar-refractivity contribution is -0.141. The fraction of sp³-hybridized carbons (Fsp3) is 0.567. The van der Waals surface area contributed by atoms with E-state index in [0.717, 1.165) is 36.8 Å². The van der Waals surface area contributed by atoms with Gasteiger partial charge in [-0.1, -0.05) is 48.6 Å². The Labute approximate surface area is 229 Å². The molecule has 2 fully saturated rings. The number of allylic oxidation sites excluding steroid dienone is 2. The van der Waals surface area contributed by atoms with Gasteiger partial charge in [-0.2, -0.15) is 0 Å². The van der Waals surface area contributed by atoms with Gasteiger partial charge in [0, 0.05) is 18.9 Å². The molecule has 38 heavy (non-hydrogen) atoms. The smallest absolute Gasteiger partial charge is 0.303 e. The molecule has 2 saturated heterocycles. The second-order valence-corrected chi connectivity index (χ2v) is 11.2. The number of fused-ring (bicyclic) bond motifs is 3. The third kappa shape index (κ3) is 6.15. The van der Waals surface area contributed by atoms with E-state index in [1.165, 1.54) is 22.1 Å². The van der Waals surface area contributed by atoms with Gasteiger partial charge in [0.25, 0.3) is 0 Å². The maximum absolute atomic E-state index is 13.5. The maximum atomic E-state index is 13.5. The lowest BCUT2D eigenvalue weighted by Gasteiger charge is -2.32. The van der Waals surface area contributed by atoms with Crippen LogP contribution in [0, 0.1) is 17.8 Å². The van der Waals surface area contributed by atoms with Gasteiger partial charge in [-0.25, -0.2) is 0 Å². The fourth-order valence-corrected chi connectivity index (χ4v) is 6.58. The number of halogens is 1. The van der Waals surface area contributed by atoms with Gasteiger partial charge in [-0.15, -0.1) is 0 Å². The molecule has 2 heterocycles. The molecule has 0 radical (unpaired) electrons. The van der Waals surface area contributed by atoms with Crippen LogP contribution in [0.15, 0.2) is 34.9 Å². The Kier molecular flexibility index (Phi) is 9.32. The molecule has 0 aromatic heterocycles. The number of carboxylic acid groups (broad SMARTS) is 1. The van der Waals surface area contributed by atoms with Crippen molar-refractivity contribution in [2.75, 3.05) is 13.2 Å². The molecule has 4 rings (SSSR count). The molecule has 1 aliphatic carbocycles. The van der Waals surface area contributed by atoms with Gasteiger partial charge >= 0.3 is 5.97 Å². The van der Waals surface area contributed by atoms with Crippen LogP contribution in [-0.2, 0) is 19.1 Å². The number of amides is 2. The van der Waals surface area contributed by atoms with E-state index in [4.69, 9.17) is 21.4 Å². The number of aromatic hydroxyl groups is 1. The van der Waals surface area contributed by atoms with Gasteiger partial charge in [-0.05, 0) is 74.8 Å². The van der Waals surface area contributed by atoms with Crippen LogP contribution >= 0.6 is 11.6 Å². The van der Waals surface area contributed by atoms with Gasteiger partial charge < -0.3 is 14.9 Å². The Morgan fingerprint density at radius 1 is 1.16 bits per heavy atom. The molecule has 1 aromatic carbocycles. The van der Waals surface area contributed by atoms with Crippen LogP contribution in [0.25, 0.3) is 6.08 Å². The van der Waals surface area contributed by atoms with Crippen molar-refractivity contribution in [3.8, 4) is 5.75 Å². The average Bonchev–Trinajstić information content (AvgIpc) is 3.39. The van der Waals surface area contributed by atoms with Gasteiger partial charge in [0.1, 0.15) is 5.75 Å². The van der Waals surface area contributed by atoms with Crippen molar-refractivity contribution in [1.82, 2.24) is 4.90 Å². The number of rotatable bonds is 12. The molecule has 4 atom stereocenters. The van der Waals surface area contributed by atoms with Crippen LogP contribution in [-0.4, -0.2) is 52.2 Å². The van der Waals surface area contributed by atoms with Crippen molar-refractivity contribution in [3.63, 3.8) is 0 Å². The summed E-state index contributed by atoms with van der Waals surface area (Å²) in [6.45, 7) is 5.02. The van der Waals surface area contributed by atoms with Gasteiger partial charge in [0.15, 0.2) is 0 Å². The van der Waals surface area contributed by atoms with E-state index < -0.39 is 5.97 Å². The molecule has 2 aliphatic heterocycles. The number of phenolic OH excluding ortho intramolecular Hbond substituents is 1. The van der Waals surface area contributed by atoms with Gasteiger partial charge in [0.2, 0.25) is 11.8 Å². The normalized spacial score (nSPS) is 25.2. The molecule has 2 N–H and O–H groups in total. The number of unbranched alkanes of at least 4 members (excludes halogenated alkanes) is 2. The highest BCUT2D eigenvalue weighted by Crippen LogP contribution is 2.50. The van der Waals surface area contributed by atoms with Crippen LogP contribution in [0.1, 0.15) is 77.2 Å². The van der Waals surface area contributed by atoms with Gasteiger partial charge in [-0.3, -0.25) is 19.3 Å². The molecule has 2 amide bonds. The SMILES string of the molecule is CCCC1=C2[C@@H](CC/C(C)=C/c3ccc(O)cc3Cl)OC[C@@H]2[C@@H]2C(=O)N(CCCCCC(=O)O)C(=O)[C@@H]2C1. The summed E-state index contributed by atoms with van der Waals surface area (Å²) in [7, 11) is 0. The lowest BCUT2D eigenvalue weighted by Crippen LogP contribution is -2.34. The maximum Gasteiger partial charge on any atom is 0.303 e. The molecule has 3 aliphatic rings.